The average molecular weight is 424 g/mol. The molecule has 5 aromatic carbocycles. The van der Waals surface area contributed by atoms with Crippen molar-refractivity contribution in [2.45, 2.75) is 6.92 Å². The Hall–Kier alpha value is -4.30. The van der Waals surface area contributed by atoms with Gasteiger partial charge in [0, 0.05) is 43.7 Å². The Bertz CT molecular complexity index is 1820. The van der Waals surface area contributed by atoms with E-state index in [4.69, 9.17) is 4.42 Å². The first-order valence-corrected chi connectivity index (χ1v) is 11.3. The average Bonchev–Trinajstić information content (AvgIpc) is 3.42. The lowest BCUT2D eigenvalue weighted by Gasteiger charge is -2.04. The molecule has 2 heterocycles. The molecule has 0 unspecified atom stereocenters. The first-order chi connectivity index (χ1) is 16.3. The predicted octanol–water partition coefficient (Wildman–Crippen LogP) is 8.86. The summed E-state index contributed by atoms with van der Waals surface area (Å²) >= 11 is 0. The molecule has 0 bridgehead atoms. The summed E-state index contributed by atoms with van der Waals surface area (Å²) in [6.07, 6.45) is 0. The fourth-order valence-electron chi connectivity index (χ4n) is 5.02. The van der Waals surface area contributed by atoms with Crippen molar-refractivity contribution in [1.29, 1.82) is 0 Å². The lowest BCUT2D eigenvalue weighted by atomic mass is 9.99. The smallest absolute Gasteiger partial charge is 0.143 e. The van der Waals surface area contributed by atoms with Crippen molar-refractivity contribution in [3.63, 3.8) is 0 Å². The van der Waals surface area contributed by atoms with Crippen molar-refractivity contribution >= 4 is 43.7 Å². The van der Waals surface area contributed by atoms with Crippen LogP contribution in [-0.2, 0) is 0 Å². The summed E-state index contributed by atoms with van der Waals surface area (Å²) in [4.78, 5) is 3.52. The van der Waals surface area contributed by atoms with Crippen molar-refractivity contribution in [2.24, 2.45) is 0 Å². The highest BCUT2D eigenvalue weighted by Gasteiger charge is 2.16. The maximum absolute atomic E-state index is 6.63. The molecule has 0 saturated heterocycles. The highest BCUT2D eigenvalue weighted by Crippen LogP contribution is 2.40. The van der Waals surface area contributed by atoms with Crippen LogP contribution < -0.4 is 0 Å². The van der Waals surface area contributed by atoms with Crippen molar-refractivity contribution in [3.8, 4) is 22.3 Å². The molecule has 2 nitrogen and oxygen atoms in total. The summed E-state index contributed by atoms with van der Waals surface area (Å²) in [6, 6.07) is 36.6. The molecule has 2 heteroatoms. The lowest BCUT2D eigenvalue weighted by molar-refractivity contribution is 0.671. The van der Waals surface area contributed by atoms with Crippen molar-refractivity contribution in [1.82, 2.24) is 4.98 Å². The number of hydrogen-bond donors (Lipinski definition) is 1. The van der Waals surface area contributed by atoms with Gasteiger partial charge in [-0.2, -0.15) is 0 Å². The molecule has 0 saturated carbocycles. The summed E-state index contributed by atoms with van der Waals surface area (Å²) in [7, 11) is 0. The number of aromatic amines is 1. The number of hydrogen-bond acceptors (Lipinski definition) is 1. The van der Waals surface area contributed by atoms with Gasteiger partial charge >= 0.3 is 0 Å². The number of rotatable bonds is 2. The number of benzene rings is 5. The second kappa shape index (κ2) is 6.85. The monoisotopic (exact) mass is 423 g/mol. The molecule has 7 aromatic rings. The van der Waals surface area contributed by atoms with E-state index >= 15 is 0 Å². The number of nitrogens with one attached hydrogen (secondary N) is 1. The van der Waals surface area contributed by atoms with Crippen LogP contribution in [0, 0.1) is 6.92 Å². The summed E-state index contributed by atoms with van der Waals surface area (Å²) in [6.45, 7) is 2.11. The molecular formula is C31H21NO. The number of aromatic nitrogens is 1. The van der Waals surface area contributed by atoms with Gasteiger partial charge in [-0.3, -0.25) is 0 Å². The first-order valence-electron chi connectivity index (χ1n) is 11.3. The van der Waals surface area contributed by atoms with Gasteiger partial charge in [0.05, 0.1) is 0 Å². The second-order valence-corrected chi connectivity index (χ2v) is 8.76. The Balaban J connectivity index is 1.49. The first kappa shape index (κ1) is 18.3. The minimum atomic E-state index is 0.936. The van der Waals surface area contributed by atoms with Crippen LogP contribution >= 0.6 is 0 Å². The minimum absolute atomic E-state index is 0.936. The van der Waals surface area contributed by atoms with Gasteiger partial charge in [-0.05, 0) is 36.2 Å². The topological polar surface area (TPSA) is 28.9 Å². The van der Waals surface area contributed by atoms with Crippen LogP contribution in [0.15, 0.2) is 108 Å². The van der Waals surface area contributed by atoms with Crippen molar-refractivity contribution in [3.05, 3.63) is 109 Å². The van der Waals surface area contributed by atoms with Crippen LogP contribution in [0.3, 0.4) is 0 Å². The largest absolute Gasteiger partial charge is 0.455 e. The zero-order valence-corrected chi connectivity index (χ0v) is 18.2. The van der Waals surface area contributed by atoms with E-state index in [2.05, 4.69) is 115 Å². The zero-order valence-electron chi connectivity index (χ0n) is 18.2. The molecule has 0 radical (unpaired) electrons. The molecular weight excluding hydrogens is 402 g/mol. The summed E-state index contributed by atoms with van der Waals surface area (Å²) < 4.78 is 6.63. The molecule has 0 amide bonds. The molecule has 0 atom stereocenters. The van der Waals surface area contributed by atoms with E-state index in [0.717, 1.165) is 49.7 Å². The molecule has 1 N–H and O–H groups in total. The van der Waals surface area contributed by atoms with Crippen molar-refractivity contribution in [2.75, 3.05) is 0 Å². The normalized spacial score (nSPS) is 11.8. The van der Waals surface area contributed by atoms with Crippen LogP contribution in [0.4, 0.5) is 0 Å². The van der Waals surface area contributed by atoms with Gasteiger partial charge in [0.1, 0.15) is 11.2 Å². The van der Waals surface area contributed by atoms with Gasteiger partial charge < -0.3 is 9.40 Å². The Morgan fingerprint density at radius 2 is 1.12 bits per heavy atom. The Kier molecular flexibility index (Phi) is 3.80. The highest BCUT2D eigenvalue weighted by molar-refractivity contribution is 6.14. The van der Waals surface area contributed by atoms with Crippen LogP contribution in [0.25, 0.3) is 66.0 Å². The minimum Gasteiger partial charge on any atom is -0.455 e. The van der Waals surface area contributed by atoms with Crippen LogP contribution in [0.1, 0.15) is 5.56 Å². The summed E-state index contributed by atoms with van der Waals surface area (Å²) in [5, 5.41) is 4.78. The molecule has 7 rings (SSSR count). The molecule has 0 aliphatic heterocycles. The number of aryl methyl sites for hydroxylation is 1. The van der Waals surface area contributed by atoms with Gasteiger partial charge in [0.15, 0.2) is 0 Å². The SMILES string of the molecule is Cc1ccc(-c2cccc3c2oc2c(-c4ccc5[nH]c6ccccc6c5c4)cccc23)cc1. The quantitative estimate of drug-likeness (QED) is 0.295. The van der Waals surface area contributed by atoms with E-state index in [9.17, 15) is 0 Å². The Morgan fingerprint density at radius 3 is 1.88 bits per heavy atom. The van der Waals surface area contributed by atoms with Crippen LogP contribution in [0.5, 0.6) is 0 Å². The fourth-order valence-corrected chi connectivity index (χ4v) is 5.02. The molecule has 33 heavy (non-hydrogen) atoms. The standard InChI is InChI=1S/C31H21NO/c1-19-12-14-20(15-13-19)22-7-4-9-25-26-10-5-8-23(31(26)33-30(22)25)21-16-17-29-27(18-21)24-6-2-3-11-28(24)32-29/h2-18,32H,1H3. The zero-order chi connectivity index (χ0) is 21.9. The summed E-state index contributed by atoms with van der Waals surface area (Å²) in [5.74, 6) is 0. The van der Waals surface area contributed by atoms with Crippen LogP contribution in [-0.4, -0.2) is 4.98 Å². The maximum Gasteiger partial charge on any atom is 0.143 e. The van der Waals surface area contributed by atoms with E-state index in [-0.39, 0.29) is 0 Å². The molecule has 0 aliphatic carbocycles. The molecule has 0 spiro atoms. The number of para-hydroxylation sites is 3. The highest BCUT2D eigenvalue weighted by atomic mass is 16.3. The molecule has 156 valence electrons. The third-order valence-electron chi connectivity index (χ3n) is 6.70. The van der Waals surface area contributed by atoms with E-state index in [0.29, 0.717) is 0 Å². The summed E-state index contributed by atoms with van der Waals surface area (Å²) in [5.41, 5.74) is 10.0. The van der Waals surface area contributed by atoms with Gasteiger partial charge in [-0.15, -0.1) is 0 Å². The van der Waals surface area contributed by atoms with E-state index in [1.54, 1.807) is 0 Å². The number of H-pyrrole nitrogens is 1. The predicted molar refractivity (Wildman–Crippen MR) is 139 cm³/mol. The van der Waals surface area contributed by atoms with Crippen LogP contribution in [0.2, 0.25) is 0 Å². The second-order valence-electron chi connectivity index (χ2n) is 8.76. The Labute approximate surface area is 191 Å². The Morgan fingerprint density at radius 1 is 0.515 bits per heavy atom. The molecule has 2 aromatic heterocycles. The number of fused-ring (bicyclic) bond motifs is 6. The van der Waals surface area contributed by atoms with Gasteiger partial charge in [-0.1, -0.05) is 90.5 Å². The molecule has 0 aliphatic rings. The third-order valence-corrected chi connectivity index (χ3v) is 6.70. The fraction of sp³-hybridized carbons (Fsp3) is 0.0323. The van der Waals surface area contributed by atoms with Gasteiger partial charge in [0.25, 0.3) is 0 Å². The van der Waals surface area contributed by atoms with Crippen molar-refractivity contribution < 1.29 is 4.42 Å². The van der Waals surface area contributed by atoms with E-state index in [1.807, 2.05) is 0 Å². The van der Waals surface area contributed by atoms with Gasteiger partial charge in [0.2, 0.25) is 0 Å². The lowest BCUT2D eigenvalue weighted by Crippen LogP contribution is -1.79. The van der Waals surface area contributed by atoms with E-state index in [1.165, 1.54) is 21.9 Å². The van der Waals surface area contributed by atoms with Gasteiger partial charge in [-0.25, -0.2) is 0 Å². The molecule has 0 fully saturated rings. The maximum atomic E-state index is 6.63. The third kappa shape index (κ3) is 2.74. The number of furan rings is 1. The van der Waals surface area contributed by atoms with E-state index < -0.39 is 0 Å².